The summed E-state index contributed by atoms with van der Waals surface area (Å²) in [5.41, 5.74) is 1.12. The van der Waals surface area contributed by atoms with E-state index in [-0.39, 0.29) is 6.42 Å². The molecule has 5 heteroatoms. The molecule has 0 atom stereocenters. The molecule has 0 amide bonds. The number of carboxylic acid groups (broad SMARTS) is 1. The molecule has 18 heavy (non-hydrogen) atoms. The first kappa shape index (κ1) is 12.2. The molecule has 94 valence electrons. The van der Waals surface area contributed by atoms with Gasteiger partial charge in [0.15, 0.2) is 5.75 Å². The van der Waals surface area contributed by atoms with Crippen molar-refractivity contribution in [1.29, 1.82) is 0 Å². The summed E-state index contributed by atoms with van der Waals surface area (Å²) in [4.78, 5) is 10.4. The fourth-order valence-corrected chi connectivity index (χ4v) is 1.54. The van der Waals surface area contributed by atoms with Crippen molar-refractivity contribution in [3.05, 3.63) is 42.2 Å². The third-order valence-electron chi connectivity index (χ3n) is 2.39. The Morgan fingerprint density at radius 1 is 1.44 bits per heavy atom. The van der Waals surface area contributed by atoms with Crippen LogP contribution < -0.4 is 4.74 Å². The molecule has 2 aromatic rings. The minimum absolute atomic E-state index is 0.0472. The Bertz CT molecular complexity index is 549. The summed E-state index contributed by atoms with van der Waals surface area (Å²) in [6, 6.07) is 7.69. The predicted octanol–water partition coefficient (Wildman–Crippen LogP) is 2.46. The van der Waals surface area contributed by atoms with Crippen molar-refractivity contribution >= 4 is 5.97 Å². The van der Waals surface area contributed by atoms with Crippen molar-refractivity contribution in [3.63, 3.8) is 0 Å². The number of hydrogen-bond donors (Lipinski definition) is 1. The zero-order valence-electron chi connectivity index (χ0n) is 10.0. The molecule has 0 fully saturated rings. The van der Waals surface area contributed by atoms with Gasteiger partial charge in [-0.05, 0) is 24.6 Å². The van der Waals surface area contributed by atoms with Crippen LogP contribution in [0.4, 0.5) is 0 Å². The summed E-state index contributed by atoms with van der Waals surface area (Å²) in [6.07, 6.45) is 3.31. The summed E-state index contributed by atoms with van der Waals surface area (Å²) in [6.45, 7) is 2.33. The van der Waals surface area contributed by atoms with Gasteiger partial charge in [-0.1, -0.05) is 12.1 Å². The van der Waals surface area contributed by atoms with E-state index >= 15 is 0 Å². The van der Waals surface area contributed by atoms with Gasteiger partial charge in [-0.3, -0.25) is 9.48 Å². The number of aryl methyl sites for hydroxylation is 2. The van der Waals surface area contributed by atoms with Gasteiger partial charge in [-0.25, -0.2) is 0 Å². The molecule has 0 unspecified atom stereocenters. The van der Waals surface area contributed by atoms with Crippen molar-refractivity contribution in [2.45, 2.75) is 19.9 Å². The van der Waals surface area contributed by atoms with Crippen molar-refractivity contribution in [3.8, 4) is 11.5 Å². The maximum atomic E-state index is 10.4. The third-order valence-corrected chi connectivity index (χ3v) is 2.39. The highest BCUT2D eigenvalue weighted by Gasteiger charge is 2.03. The van der Waals surface area contributed by atoms with Gasteiger partial charge in [0.25, 0.3) is 0 Å². The minimum Gasteiger partial charge on any atom is -0.481 e. The van der Waals surface area contributed by atoms with E-state index < -0.39 is 5.97 Å². The highest BCUT2D eigenvalue weighted by molar-refractivity contribution is 5.66. The second-order valence-corrected chi connectivity index (χ2v) is 4.00. The second kappa shape index (κ2) is 5.35. The van der Waals surface area contributed by atoms with Crippen LogP contribution in [0.3, 0.4) is 0 Å². The van der Waals surface area contributed by atoms with E-state index in [0.29, 0.717) is 12.3 Å². The molecule has 1 N–H and O–H groups in total. The quantitative estimate of drug-likeness (QED) is 0.880. The van der Waals surface area contributed by atoms with E-state index in [2.05, 4.69) is 5.10 Å². The van der Waals surface area contributed by atoms with Crippen LogP contribution in [-0.4, -0.2) is 20.9 Å². The molecule has 1 aromatic carbocycles. The predicted molar refractivity (Wildman–Crippen MR) is 65.7 cm³/mol. The number of ether oxygens (including phenoxy) is 1. The largest absolute Gasteiger partial charge is 0.481 e. The number of hydrogen-bond acceptors (Lipinski definition) is 3. The van der Waals surface area contributed by atoms with E-state index in [0.717, 1.165) is 11.3 Å². The molecule has 5 nitrogen and oxygen atoms in total. The summed E-state index contributed by atoms with van der Waals surface area (Å²) < 4.78 is 7.17. The van der Waals surface area contributed by atoms with Crippen LogP contribution in [0.25, 0.3) is 0 Å². The van der Waals surface area contributed by atoms with E-state index in [1.165, 1.54) is 0 Å². The van der Waals surface area contributed by atoms with Gasteiger partial charge in [0.2, 0.25) is 0 Å². The number of aliphatic carboxylic acids is 1. The van der Waals surface area contributed by atoms with Crippen LogP contribution in [0, 0.1) is 6.92 Å². The molecule has 1 aromatic heterocycles. The molecule has 0 aliphatic rings. The fraction of sp³-hybridized carbons (Fsp3) is 0.231. The second-order valence-electron chi connectivity index (χ2n) is 4.00. The number of carboxylic acids is 1. The maximum Gasteiger partial charge on any atom is 0.305 e. The molecule has 0 spiro atoms. The Labute approximate surface area is 105 Å². The molecular formula is C13H14N2O3. The van der Waals surface area contributed by atoms with Gasteiger partial charge in [-0.15, -0.1) is 0 Å². The third kappa shape index (κ3) is 3.35. The lowest BCUT2D eigenvalue weighted by Gasteiger charge is -2.03. The number of carbonyl (C=O) groups is 1. The molecular weight excluding hydrogens is 232 g/mol. The van der Waals surface area contributed by atoms with E-state index in [4.69, 9.17) is 9.84 Å². The average Bonchev–Trinajstić information content (AvgIpc) is 2.74. The fourth-order valence-electron chi connectivity index (χ4n) is 1.54. The first-order chi connectivity index (χ1) is 8.63. The molecule has 0 aliphatic carbocycles. The van der Waals surface area contributed by atoms with Gasteiger partial charge < -0.3 is 9.84 Å². The van der Waals surface area contributed by atoms with Crippen LogP contribution >= 0.6 is 0 Å². The zero-order chi connectivity index (χ0) is 13.0. The van der Waals surface area contributed by atoms with Gasteiger partial charge in [0, 0.05) is 0 Å². The summed E-state index contributed by atoms with van der Waals surface area (Å²) in [5, 5.41) is 12.6. The highest BCUT2D eigenvalue weighted by atomic mass is 16.5. The number of rotatable bonds is 5. The number of nitrogens with zero attached hydrogens (tertiary/aromatic N) is 2. The average molecular weight is 246 g/mol. The Morgan fingerprint density at radius 3 is 3.00 bits per heavy atom. The first-order valence-electron chi connectivity index (χ1n) is 5.62. The molecule has 0 aliphatic heterocycles. The van der Waals surface area contributed by atoms with Gasteiger partial charge in [0.05, 0.1) is 25.4 Å². The lowest BCUT2D eigenvalue weighted by Crippen LogP contribution is -2.04. The minimum atomic E-state index is -0.841. The zero-order valence-corrected chi connectivity index (χ0v) is 10.0. The molecule has 0 bridgehead atoms. The van der Waals surface area contributed by atoms with Gasteiger partial charge in [-0.2, -0.15) is 5.10 Å². The molecule has 0 saturated heterocycles. The van der Waals surface area contributed by atoms with Crippen molar-refractivity contribution < 1.29 is 14.6 Å². The molecule has 1 heterocycles. The van der Waals surface area contributed by atoms with Crippen LogP contribution in [0.2, 0.25) is 0 Å². The summed E-state index contributed by atoms with van der Waals surface area (Å²) in [5.74, 6) is 0.505. The van der Waals surface area contributed by atoms with Crippen LogP contribution in [0.1, 0.15) is 12.0 Å². The number of aromatic nitrogens is 2. The van der Waals surface area contributed by atoms with Gasteiger partial charge in [0.1, 0.15) is 5.75 Å². The van der Waals surface area contributed by atoms with Crippen LogP contribution in [0.15, 0.2) is 36.7 Å². The maximum absolute atomic E-state index is 10.4. The Hall–Kier alpha value is -2.30. The monoisotopic (exact) mass is 246 g/mol. The molecule has 0 radical (unpaired) electrons. The summed E-state index contributed by atoms with van der Waals surface area (Å²) in [7, 11) is 0. The van der Waals surface area contributed by atoms with E-state index in [9.17, 15) is 4.79 Å². The Balaban J connectivity index is 2.00. The lowest BCUT2D eigenvalue weighted by molar-refractivity contribution is -0.137. The Kier molecular flexibility index (Phi) is 3.62. The normalized spacial score (nSPS) is 10.3. The number of benzene rings is 1. The highest BCUT2D eigenvalue weighted by Crippen LogP contribution is 2.21. The topological polar surface area (TPSA) is 64.4 Å². The van der Waals surface area contributed by atoms with Crippen LogP contribution in [0.5, 0.6) is 11.5 Å². The van der Waals surface area contributed by atoms with Crippen molar-refractivity contribution in [1.82, 2.24) is 9.78 Å². The first-order valence-corrected chi connectivity index (χ1v) is 5.62. The Morgan fingerprint density at radius 2 is 2.28 bits per heavy atom. The van der Waals surface area contributed by atoms with E-state index in [1.807, 2.05) is 31.2 Å². The van der Waals surface area contributed by atoms with Gasteiger partial charge >= 0.3 is 5.97 Å². The molecule has 2 rings (SSSR count). The van der Waals surface area contributed by atoms with Crippen molar-refractivity contribution in [2.24, 2.45) is 0 Å². The van der Waals surface area contributed by atoms with Crippen LogP contribution in [-0.2, 0) is 11.3 Å². The SMILES string of the molecule is Cc1cccc(Oc2cnn(CCC(=O)O)c2)c1. The smallest absolute Gasteiger partial charge is 0.305 e. The summed E-state index contributed by atoms with van der Waals surface area (Å²) >= 11 is 0. The standard InChI is InChI=1S/C13H14N2O3/c1-10-3-2-4-11(7-10)18-12-8-14-15(9-12)6-5-13(16)17/h2-4,7-9H,5-6H2,1H3,(H,16,17). The lowest BCUT2D eigenvalue weighted by atomic mass is 10.2. The van der Waals surface area contributed by atoms with Crippen molar-refractivity contribution in [2.75, 3.05) is 0 Å². The molecule has 0 saturated carbocycles. The van der Waals surface area contributed by atoms with E-state index in [1.54, 1.807) is 17.1 Å².